The van der Waals surface area contributed by atoms with Crippen molar-refractivity contribution in [2.24, 2.45) is 0 Å². The molecule has 0 amide bonds. The summed E-state index contributed by atoms with van der Waals surface area (Å²) < 4.78 is 0. The predicted molar refractivity (Wildman–Crippen MR) is 145 cm³/mol. The molecule has 3 aromatic rings. The maximum atomic E-state index is 5.19. The highest BCUT2D eigenvalue weighted by molar-refractivity contribution is 5.79. The van der Waals surface area contributed by atoms with Gasteiger partial charge in [-0.2, -0.15) is 0 Å². The maximum Gasteiger partial charge on any atom is 0.0821 e. The molecule has 0 radical (unpaired) electrons. The highest BCUT2D eigenvalue weighted by atomic mass is 15.2. The zero-order valence-corrected chi connectivity index (χ0v) is 21.7. The Bertz CT molecular complexity index is 1150. The standard InChI is InChI=1S/C30H39N5/c1-5-25-30(35(4)20(2)3)28(33-19-21-14-15-26(32-18-21)22-9-6-10-22)17-27(34-25)24-13-8-16-31-29(24)23-11-7-12-23/h8,13-18,20,22-23H,5-7,9-12,19H2,1-4H3,(H,33,34). The second-order valence-electron chi connectivity index (χ2n) is 10.5. The lowest BCUT2D eigenvalue weighted by Crippen LogP contribution is -2.28. The van der Waals surface area contributed by atoms with Crippen LogP contribution in [-0.4, -0.2) is 28.0 Å². The molecule has 5 rings (SSSR count). The molecule has 0 spiro atoms. The van der Waals surface area contributed by atoms with Crippen LogP contribution < -0.4 is 10.2 Å². The van der Waals surface area contributed by atoms with Gasteiger partial charge in [-0.3, -0.25) is 15.0 Å². The number of aryl methyl sites for hydroxylation is 1. The van der Waals surface area contributed by atoms with Gasteiger partial charge in [0.1, 0.15) is 0 Å². The Morgan fingerprint density at radius 1 is 1.03 bits per heavy atom. The topological polar surface area (TPSA) is 53.9 Å². The third kappa shape index (κ3) is 4.91. The molecule has 0 bridgehead atoms. The van der Waals surface area contributed by atoms with Crippen LogP contribution in [0, 0.1) is 0 Å². The number of hydrogen-bond donors (Lipinski definition) is 1. The molecule has 1 N–H and O–H groups in total. The summed E-state index contributed by atoms with van der Waals surface area (Å²) in [7, 11) is 2.17. The molecule has 2 fully saturated rings. The molecule has 184 valence electrons. The van der Waals surface area contributed by atoms with E-state index in [2.05, 4.69) is 62.3 Å². The highest BCUT2D eigenvalue weighted by Gasteiger charge is 2.26. The average Bonchev–Trinajstić information content (AvgIpc) is 2.80. The van der Waals surface area contributed by atoms with Crippen LogP contribution in [0.2, 0.25) is 0 Å². The van der Waals surface area contributed by atoms with Crippen molar-refractivity contribution in [1.82, 2.24) is 15.0 Å². The number of aromatic nitrogens is 3. The van der Waals surface area contributed by atoms with E-state index in [1.807, 2.05) is 18.5 Å². The van der Waals surface area contributed by atoms with Crippen LogP contribution in [-0.2, 0) is 13.0 Å². The van der Waals surface area contributed by atoms with Crippen LogP contribution in [0.1, 0.15) is 93.8 Å². The van der Waals surface area contributed by atoms with Crippen molar-refractivity contribution in [3.05, 3.63) is 65.4 Å². The van der Waals surface area contributed by atoms with E-state index in [0.717, 1.165) is 30.0 Å². The Hall–Kier alpha value is -2.95. The average molecular weight is 470 g/mol. The SMILES string of the molecule is CCc1nc(-c2cccnc2C2CCC2)cc(NCc2ccc(C3CCC3)nc2)c1N(C)C(C)C. The van der Waals surface area contributed by atoms with Gasteiger partial charge in [0.25, 0.3) is 0 Å². The van der Waals surface area contributed by atoms with Gasteiger partial charge in [0.05, 0.1) is 28.5 Å². The largest absolute Gasteiger partial charge is 0.379 e. The minimum Gasteiger partial charge on any atom is -0.379 e. The summed E-state index contributed by atoms with van der Waals surface area (Å²) in [6.07, 6.45) is 12.5. The van der Waals surface area contributed by atoms with E-state index in [9.17, 15) is 0 Å². The van der Waals surface area contributed by atoms with E-state index in [1.165, 1.54) is 66.7 Å². The van der Waals surface area contributed by atoms with E-state index >= 15 is 0 Å². The molecule has 3 heterocycles. The Balaban J connectivity index is 1.49. The van der Waals surface area contributed by atoms with Crippen molar-refractivity contribution in [3.63, 3.8) is 0 Å². The van der Waals surface area contributed by atoms with Gasteiger partial charge < -0.3 is 10.2 Å². The van der Waals surface area contributed by atoms with Gasteiger partial charge in [0.15, 0.2) is 0 Å². The van der Waals surface area contributed by atoms with Crippen LogP contribution in [0.25, 0.3) is 11.3 Å². The molecule has 2 aliphatic carbocycles. The van der Waals surface area contributed by atoms with E-state index in [1.54, 1.807) is 0 Å². The predicted octanol–water partition coefficient (Wildman–Crippen LogP) is 7.09. The number of rotatable bonds is 9. The monoisotopic (exact) mass is 469 g/mol. The zero-order chi connectivity index (χ0) is 24.4. The molecule has 35 heavy (non-hydrogen) atoms. The summed E-state index contributed by atoms with van der Waals surface area (Å²) in [5, 5.41) is 3.76. The first-order valence-electron chi connectivity index (χ1n) is 13.5. The first-order valence-corrected chi connectivity index (χ1v) is 13.5. The first kappa shape index (κ1) is 23.8. The Labute approximate surface area is 210 Å². The Morgan fingerprint density at radius 3 is 2.40 bits per heavy atom. The third-order valence-electron chi connectivity index (χ3n) is 7.99. The van der Waals surface area contributed by atoms with Crippen molar-refractivity contribution in [2.75, 3.05) is 17.3 Å². The van der Waals surface area contributed by atoms with Crippen LogP contribution in [0.15, 0.2) is 42.7 Å². The van der Waals surface area contributed by atoms with E-state index in [4.69, 9.17) is 15.0 Å². The minimum absolute atomic E-state index is 0.376. The van der Waals surface area contributed by atoms with Crippen molar-refractivity contribution in [3.8, 4) is 11.3 Å². The van der Waals surface area contributed by atoms with E-state index in [0.29, 0.717) is 17.9 Å². The Kier molecular flexibility index (Phi) is 7.03. The second-order valence-corrected chi connectivity index (χ2v) is 10.5. The number of pyridine rings is 3. The quantitative estimate of drug-likeness (QED) is 0.362. The van der Waals surface area contributed by atoms with E-state index < -0.39 is 0 Å². The fraction of sp³-hybridized carbons (Fsp3) is 0.500. The fourth-order valence-corrected chi connectivity index (χ4v) is 5.09. The molecule has 0 atom stereocenters. The molecule has 0 unspecified atom stereocenters. The van der Waals surface area contributed by atoms with Gasteiger partial charge in [-0.05, 0) is 75.8 Å². The van der Waals surface area contributed by atoms with E-state index in [-0.39, 0.29) is 0 Å². The Morgan fingerprint density at radius 2 is 1.80 bits per heavy atom. The lowest BCUT2D eigenvalue weighted by atomic mass is 9.80. The van der Waals surface area contributed by atoms with Gasteiger partial charge in [0.2, 0.25) is 0 Å². The molecular formula is C30H39N5. The summed E-state index contributed by atoms with van der Waals surface area (Å²) in [6, 6.07) is 11.3. The minimum atomic E-state index is 0.376. The van der Waals surface area contributed by atoms with Crippen molar-refractivity contribution < 1.29 is 0 Å². The summed E-state index contributed by atoms with van der Waals surface area (Å²) in [6.45, 7) is 7.41. The van der Waals surface area contributed by atoms with Crippen molar-refractivity contribution in [1.29, 1.82) is 0 Å². The van der Waals surface area contributed by atoms with Gasteiger partial charge in [-0.25, -0.2) is 0 Å². The molecule has 3 aromatic heterocycles. The summed E-state index contributed by atoms with van der Waals surface area (Å²) in [5.74, 6) is 1.23. The molecule has 0 aliphatic heterocycles. The molecular weight excluding hydrogens is 430 g/mol. The van der Waals surface area contributed by atoms with Gasteiger partial charge in [-0.15, -0.1) is 0 Å². The second kappa shape index (κ2) is 10.3. The van der Waals surface area contributed by atoms with Gasteiger partial charge in [-0.1, -0.05) is 25.8 Å². The lowest BCUT2D eigenvalue weighted by molar-refractivity contribution is 0.411. The van der Waals surface area contributed by atoms with Crippen LogP contribution >= 0.6 is 0 Å². The van der Waals surface area contributed by atoms with Crippen LogP contribution in [0.3, 0.4) is 0 Å². The molecule has 2 saturated carbocycles. The molecule has 0 aromatic carbocycles. The summed E-state index contributed by atoms with van der Waals surface area (Å²) >= 11 is 0. The summed E-state index contributed by atoms with van der Waals surface area (Å²) in [4.78, 5) is 17.1. The third-order valence-corrected chi connectivity index (χ3v) is 7.99. The molecule has 5 heteroatoms. The smallest absolute Gasteiger partial charge is 0.0821 e. The number of anilines is 2. The first-order chi connectivity index (χ1) is 17.0. The fourth-order valence-electron chi connectivity index (χ4n) is 5.09. The van der Waals surface area contributed by atoms with Gasteiger partial charge in [0, 0.05) is 55.1 Å². The molecule has 5 nitrogen and oxygen atoms in total. The molecule has 0 saturated heterocycles. The lowest BCUT2D eigenvalue weighted by Gasteiger charge is -2.30. The zero-order valence-electron chi connectivity index (χ0n) is 21.7. The van der Waals surface area contributed by atoms with Crippen molar-refractivity contribution in [2.45, 2.75) is 90.1 Å². The number of nitrogens with zero attached hydrogens (tertiary/aromatic N) is 4. The normalized spacial score (nSPS) is 16.1. The molecule has 2 aliphatic rings. The number of nitrogens with one attached hydrogen (secondary N) is 1. The van der Waals surface area contributed by atoms with Gasteiger partial charge >= 0.3 is 0 Å². The van der Waals surface area contributed by atoms with Crippen LogP contribution in [0.5, 0.6) is 0 Å². The highest BCUT2D eigenvalue weighted by Crippen LogP contribution is 2.41. The number of hydrogen-bond acceptors (Lipinski definition) is 5. The van der Waals surface area contributed by atoms with Crippen molar-refractivity contribution >= 4 is 11.4 Å². The van der Waals surface area contributed by atoms with Crippen LogP contribution in [0.4, 0.5) is 11.4 Å². The summed E-state index contributed by atoms with van der Waals surface area (Å²) in [5.41, 5.74) is 9.33. The maximum absolute atomic E-state index is 5.19.